The predicted molar refractivity (Wildman–Crippen MR) is 161 cm³/mol. The van der Waals surface area contributed by atoms with Crippen LogP contribution in [0.15, 0.2) is 82.3 Å². The van der Waals surface area contributed by atoms with E-state index in [1.807, 2.05) is 81.1 Å². The van der Waals surface area contributed by atoms with Crippen LogP contribution in [0.4, 0.5) is 5.69 Å². The molecule has 0 radical (unpaired) electrons. The minimum atomic E-state index is -1.39. The van der Waals surface area contributed by atoms with E-state index in [0.717, 1.165) is 15.6 Å². The summed E-state index contributed by atoms with van der Waals surface area (Å²) in [7, 11) is 1.60. The van der Waals surface area contributed by atoms with E-state index in [0.29, 0.717) is 23.6 Å². The summed E-state index contributed by atoms with van der Waals surface area (Å²) in [5, 5.41) is 11.4. The molecule has 1 spiro atoms. The molecule has 0 aromatic heterocycles. The lowest BCUT2D eigenvalue weighted by molar-refractivity contribution is -0.384. The number of halogens is 1. The molecule has 3 aliphatic rings. The molecule has 6 rings (SSSR count). The minimum Gasteiger partial charge on any atom is -0.496 e. The Hall–Kier alpha value is -3.60. The first kappa shape index (κ1) is 28.5. The number of carbonyl (C=O) groups excluding carboxylic acids is 1. The van der Waals surface area contributed by atoms with E-state index >= 15 is 0 Å². The molecular formula is C32H32BrN3O6. The van der Waals surface area contributed by atoms with Gasteiger partial charge in [0.25, 0.3) is 5.69 Å². The van der Waals surface area contributed by atoms with Gasteiger partial charge in [-0.25, -0.2) is 4.99 Å². The number of hydrogen-bond acceptors (Lipinski definition) is 7. The van der Waals surface area contributed by atoms with Gasteiger partial charge in [-0.05, 0) is 79.0 Å². The number of amides is 1. The lowest BCUT2D eigenvalue weighted by Crippen LogP contribution is -2.50. The maximum Gasteiger partial charge on any atom is 0.269 e. The second kappa shape index (κ2) is 10.00. The molecule has 42 heavy (non-hydrogen) atoms. The van der Waals surface area contributed by atoms with Gasteiger partial charge in [-0.15, -0.1) is 0 Å². The Bertz CT molecular complexity index is 1590. The minimum absolute atomic E-state index is 0.0274. The van der Waals surface area contributed by atoms with Crippen molar-refractivity contribution in [3.8, 4) is 5.75 Å². The molecule has 0 saturated carbocycles. The molecule has 2 bridgehead atoms. The van der Waals surface area contributed by atoms with E-state index in [1.54, 1.807) is 19.2 Å². The highest BCUT2D eigenvalue weighted by Gasteiger charge is 2.80. The third-order valence-corrected chi connectivity index (χ3v) is 8.98. The van der Waals surface area contributed by atoms with Crippen molar-refractivity contribution in [1.82, 2.24) is 4.90 Å². The van der Waals surface area contributed by atoms with Gasteiger partial charge in [0.15, 0.2) is 5.72 Å². The van der Waals surface area contributed by atoms with Crippen LogP contribution < -0.4 is 4.74 Å². The summed E-state index contributed by atoms with van der Waals surface area (Å²) in [4.78, 5) is 32.9. The third-order valence-electron chi connectivity index (χ3n) is 8.36. The van der Waals surface area contributed by atoms with Gasteiger partial charge in [-0.2, -0.15) is 0 Å². The number of likely N-dealkylation sites (tertiary alicyclic amines) is 1. The van der Waals surface area contributed by atoms with E-state index in [9.17, 15) is 14.9 Å². The molecule has 2 saturated heterocycles. The zero-order chi connectivity index (χ0) is 30.0. The molecule has 3 aromatic rings. The molecule has 0 N–H and O–H groups in total. The average Bonchev–Trinajstić information content (AvgIpc) is 3.53. The van der Waals surface area contributed by atoms with Crippen LogP contribution in [-0.4, -0.2) is 52.2 Å². The number of fused-ring (bicyclic) bond motifs is 1. The Morgan fingerprint density at radius 2 is 1.74 bits per heavy atom. The molecule has 0 unspecified atom stereocenters. The quantitative estimate of drug-likeness (QED) is 0.220. The molecule has 2 fully saturated rings. The molecule has 1 amide bonds. The Morgan fingerprint density at radius 1 is 1.05 bits per heavy atom. The van der Waals surface area contributed by atoms with Crippen molar-refractivity contribution in [2.24, 2.45) is 10.9 Å². The Balaban J connectivity index is 1.65. The van der Waals surface area contributed by atoms with Crippen molar-refractivity contribution >= 4 is 33.2 Å². The number of benzene rings is 3. The van der Waals surface area contributed by atoms with Crippen LogP contribution in [-0.2, 0) is 14.3 Å². The summed E-state index contributed by atoms with van der Waals surface area (Å²) in [5.74, 6) is -2.00. The first-order valence-corrected chi connectivity index (χ1v) is 14.7. The summed E-state index contributed by atoms with van der Waals surface area (Å²) < 4.78 is 19.9. The summed E-state index contributed by atoms with van der Waals surface area (Å²) in [5.41, 5.74) is 0.961. The second-order valence-corrected chi connectivity index (χ2v) is 12.6. The number of nitrogens with zero attached hydrogens (tertiary/aromatic N) is 3. The summed E-state index contributed by atoms with van der Waals surface area (Å²) in [6, 6.07) is 21.2. The highest BCUT2D eigenvalue weighted by atomic mass is 79.9. The monoisotopic (exact) mass is 633 g/mol. The van der Waals surface area contributed by atoms with Crippen LogP contribution in [0, 0.1) is 16.0 Å². The number of methoxy groups -OCH3 is 1. The lowest BCUT2D eigenvalue weighted by atomic mass is 9.72. The zero-order valence-corrected chi connectivity index (χ0v) is 25.6. The van der Waals surface area contributed by atoms with Gasteiger partial charge >= 0.3 is 0 Å². The molecule has 3 aliphatic heterocycles. The van der Waals surface area contributed by atoms with Crippen LogP contribution in [0.2, 0.25) is 0 Å². The van der Waals surface area contributed by atoms with Gasteiger partial charge < -0.3 is 19.1 Å². The topological polar surface area (TPSA) is 104 Å². The van der Waals surface area contributed by atoms with Gasteiger partial charge in [0.1, 0.15) is 23.4 Å². The molecule has 10 heteroatoms. The first-order chi connectivity index (χ1) is 20.0. The van der Waals surface area contributed by atoms with Gasteiger partial charge in [0.05, 0.1) is 22.4 Å². The standard InChI is InChI=1S/C32H32BrN3O6/c1-6-41-32-25(19-10-8-7-9-11-19)26-29(37)35(30(2,3)4)28(21-14-17-24(40-5)23(33)18-21)31(26,42-32)34-27(32)20-12-15-22(16-13-20)36(38)39/h7-18,25-26,28H,6H2,1-5H3/t25-,26+,28-,31+,32+/m1/s1. The van der Waals surface area contributed by atoms with Crippen molar-refractivity contribution in [2.45, 2.75) is 56.7 Å². The third kappa shape index (κ3) is 4.03. The van der Waals surface area contributed by atoms with Crippen molar-refractivity contribution in [3.63, 3.8) is 0 Å². The van der Waals surface area contributed by atoms with E-state index in [-0.39, 0.29) is 11.6 Å². The molecule has 3 heterocycles. The number of hydrogen-bond donors (Lipinski definition) is 0. The van der Waals surface area contributed by atoms with Crippen LogP contribution in [0.3, 0.4) is 0 Å². The van der Waals surface area contributed by atoms with E-state index in [2.05, 4.69) is 15.9 Å². The van der Waals surface area contributed by atoms with Crippen LogP contribution in [0.25, 0.3) is 0 Å². The van der Waals surface area contributed by atoms with Gasteiger partial charge in [-0.1, -0.05) is 36.4 Å². The smallest absolute Gasteiger partial charge is 0.269 e. The summed E-state index contributed by atoms with van der Waals surface area (Å²) in [6.45, 7) is 8.22. The Labute approximate surface area is 252 Å². The molecule has 218 valence electrons. The Kier molecular flexibility index (Phi) is 6.79. The number of carbonyl (C=O) groups is 1. The maximum atomic E-state index is 14.7. The SMILES string of the molecule is CCO[C@@]12O[C@@]3(N=C1c1ccc([N+](=O)[O-])cc1)[C@H](C(=O)N(C(C)(C)C)[C@@H]3c1ccc(OC)c(Br)c1)[C@H]2c1ccccc1. The fourth-order valence-electron chi connectivity index (χ4n) is 6.88. The number of nitro benzene ring substituents is 1. The fraction of sp³-hybridized carbons (Fsp3) is 0.375. The number of nitro groups is 1. The second-order valence-electron chi connectivity index (χ2n) is 11.8. The maximum absolute atomic E-state index is 14.7. The zero-order valence-electron chi connectivity index (χ0n) is 24.0. The van der Waals surface area contributed by atoms with Gasteiger partial charge in [0, 0.05) is 29.8 Å². The predicted octanol–water partition coefficient (Wildman–Crippen LogP) is 6.41. The number of rotatable bonds is 7. The largest absolute Gasteiger partial charge is 0.496 e. The lowest BCUT2D eigenvalue weighted by Gasteiger charge is -2.41. The van der Waals surface area contributed by atoms with Crippen LogP contribution in [0.1, 0.15) is 56.3 Å². The van der Waals surface area contributed by atoms with Crippen molar-refractivity contribution in [2.75, 3.05) is 13.7 Å². The molecule has 3 aromatic carbocycles. The average molecular weight is 635 g/mol. The fourth-order valence-corrected chi connectivity index (χ4v) is 7.44. The van der Waals surface area contributed by atoms with Crippen molar-refractivity contribution in [1.29, 1.82) is 0 Å². The number of ether oxygens (including phenoxy) is 3. The Morgan fingerprint density at radius 3 is 2.31 bits per heavy atom. The van der Waals surface area contributed by atoms with E-state index in [1.165, 1.54) is 12.1 Å². The van der Waals surface area contributed by atoms with Crippen molar-refractivity contribution in [3.05, 3.63) is 104 Å². The number of non-ortho nitro benzene ring substituents is 1. The summed E-state index contributed by atoms with van der Waals surface area (Å²) >= 11 is 3.63. The normalized spacial score (nSPS) is 28.1. The molecule has 9 nitrogen and oxygen atoms in total. The van der Waals surface area contributed by atoms with E-state index in [4.69, 9.17) is 19.2 Å². The highest BCUT2D eigenvalue weighted by Crippen LogP contribution is 2.68. The summed E-state index contributed by atoms with van der Waals surface area (Å²) in [6.07, 6.45) is 0. The highest BCUT2D eigenvalue weighted by molar-refractivity contribution is 9.10. The van der Waals surface area contributed by atoms with Crippen molar-refractivity contribution < 1.29 is 23.9 Å². The van der Waals surface area contributed by atoms with Crippen LogP contribution >= 0.6 is 15.9 Å². The molecule has 5 atom stereocenters. The van der Waals surface area contributed by atoms with E-state index < -0.39 is 39.9 Å². The first-order valence-electron chi connectivity index (χ1n) is 13.9. The molecular weight excluding hydrogens is 602 g/mol. The van der Waals surface area contributed by atoms with Gasteiger partial charge in [0.2, 0.25) is 11.7 Å². The van der Waals surface area contributed by atoms with Crippen LogP contribution in [0.5, 0.6) is 5.75 Å². The van der Waals surface area contributed by atoms with Gasteiger partial charge in [-0.3, -0.25) is 14.9 Å². The number of aliphatic imine (C=N–C) groups is 1. The molecule has 0 aliphatic carbocycles.